The topological polar surface area (TPSA) is 28.4 Å². The summed E-state index contributed by atoms with van der Waals surface area (Å²) in [5.74, 6) is 1.02. The van der Waals surface area contributed by atoms with Gasteiger partial charge in [0.2, 0.25) is 0 Å². The van der Waals surface area contributed by atoms with Crippen LogP contribution in [0.3, 0.4) is 0 Å². The highest BCUT2D eigenvalue weighted by atomic mass is 16.3. The highest BCUT2D eigenvalue weighted by Crippen LogP contribution is 2.21. The zero-order chi connectivity index (χ0) is 13.7. The van der Waals surface area contributed by atoms with Gasteiger partial charge in [-0.2, -0.15) is 0 Å². The minimum atomic E-state index is 0.298. The maximum Gasteiger partial charge on any atom is 0.105 e. The summed E-state index contributed by atoms with van der Waals surface area (Å²) in [5, 5.41) is 3.51. The SMILES string of the molecule is CCNC(Cc1ccco1)c1ccc(N(C)C)cc1. The quantitative estimate of drug-likeness (QED) is 0.862. The van der Waals surface area contributed by atoms with E-state index in [0.29, 0.717) is 6.04 Å². The normalized spacial score (nSPS) is 12.4. The van der Waals surface area contributed by atoms with E-state index in [1.54, 1.807) is 6.26 Å². The Morgan fingerprint density at radius 2 is 1.89 bits per heavy atom. The van der Waals surface area contributed by atoms with Crippen LogP contribution in [0, 0.1) is 0 Å². The van der Waals surface area contributed by atoms with Gasteiger partial charge in [-0.3, -0.25) is 0 Å². The molecule has 0 saturated heterocycles. The zero-order valence-electron chi connectivity index (χ0n) is 11.9. The van der Waals surface area contributed by atoms with Gasteiger partial charge in [0.1, 0.15) is 5.76 Å². The second-order valence-electron chi connectivity index (χ2n) is 4.88. The number of hydrogen-bond acceptors (Lipinski definition) is 3. The lowest BCUT2D eigenvalue weighted by Gasteiger charge is -2.19. The van der Waals surface area contributed by atoms with E-state index in [0.717, 1.165) is 18.7 Å². The maximum absolute atomic E-state index is 5.45. The number of hydrogen-bond donors (Lipinski definition) is 1. The van der Waals surface area contributed by atoms with Crippen LogP contribution in [0.25, 0.3) is 0 Å². The molecule has 0 bridgehead atoms. The molecule has 1 heterocycles. The Labute approximate surface area is 115 Å². The predicted octanol–water partition coefficient (Wildman–Crippen LogP) is 3.24. The van der Waals surface area contributed by atoms with E-state index in [1.165, 1.54) is 11.3 Å². The molecule has 1 unspecified atom stereocenters. The Kier molecular flexibility index (Phi) is 4.63. The van der Waals surface area contributed by atoms with Gasteiger partial charge >= 0.3 is 0 Å². The number of nitrogens with one attached hydrogen (secondary N) is 1. The van der Waals surface area contributed by atoms with Crippen LogP contribution in [0.1, 0.15) is 24.3 Å². The molecule has 0 fully saturated rings. The molecule has 0 aliphatic rings. The van der Waals surface area contributed by atoms with E-state index in [9.17, 15) is 0 Å². The van der Waals surface area contributed by atoms with Crippen molar-refractivity contribution in [2.45, 2.75) is 19.4 Å². The van der Waals surface area contributed by atoms with E-state index < -0.39 is 0 Å². The van der Waals surface area contributed by atoms with Crippen LogP contribution in [-0.2, 0) is 6.42 Å². The summed E-state index contributed by atoms with van der Waals surface area (Å²) in [5.41, 5.74) is 2.51. The average molecular weight is 258 g/mol. The predicted molar refractivity (Wildman–Crippen MR) is 79.6 cm³/mol. The van der Waals surface area contributed by atoms with Crippen molar-refractivity contribution >= 4 is 5.69 Å². The van der Waals surface area contributed by atoms with Crippen molar-refractivity contribution in [1.29, 1.82) is 0 Å². The minimum Gasteiger partial charge on any atom is -0.469 e. The van der Waals surface area contributed by atoms with Crippen molar-refractivity contribution in [3.63, 3.8) is 0 Å². The molecule has 2 rings (SSSR count). The monoisotopic (exact) mass is 258 g/mol. The summed E-state index contributed by atoms with van der Waals surface area (Å²) in [4.78, 5) is 2.11. The Morgan fingerprint density at radius 1 is 1.16 bits per heavy atom. The second kappa shape index (κ2) is 6.43. The van der Waals surface area contributed by atoms with Crippen LogP contribution >= 0.6 is 0 Å². The molecule has 1 N–H and O–H groups in total. The highest BCUT2D eigenvalue weighted by molar-refractivity contribution is 5.46. The van der Waals surface area contributed by atoms with Crippen molar-refractivity contribution in [2.24, 2.45) is 0 Å². The Morgan fingerprint density at radius 3 is 2.42 bits per heavy atom. The Balaban J connectivity index is 2.13. The molecule has 102 valence electrons. The molecule has 19 heavy (non-hydrogen) atoms. The van der Waals surface area contributed by atoms with Crippen molar-refractivity contribution in [1.82, 2.24) is 5.32 Å². The van der Waals surface area contributed by atoms with Crippen molar-refractivity contribution < 1.29 is 4.42 Å². The lowest BCUT2D eigenvalue weighted by atomic mass is 10.0. The fourth-order valence-corrected chi connectivity index (χ4v) is 2.19. The van der Waals surface area contributed by atoms with E-state index in [4.69, 9.17) is 4.42 Å². The Bertz CT molecular complexity index is 474. The molecule has 0 aliphatic heterocycles. The molecule has 0 amide bonds. The van der Waals surface area contributed by atoms with Crippen LogP contribution < -0.4 is 10.2 Å². The summed E-state index contributed by atoms with van der Waals surface area (Å²) in [7, 11) is 4.11. The number of benzene rings is 1. The van der Waals surface area contributed by atoms with Gasteiger partial charge < -0.3 is 14.6 Å². The Hall–Kier alpha value is -1.74. The standard InChI is InChI=1S/C16H22N2O/c1-4-17-16(12-15-6-5-11-19-15)13-7-9-14(10-8-13)18(2)3/h5-11,16-17H,4,12H2,1-3H3. The number of nitrogens with zero attached hydrogens (tertiary/aromatic N) is 1. The molecule has 0 aliphatic carbocycles. The van der Waals surface area contributed by atoms with Crippen molar-refractivity contribution in [3.05, 3.63) is 54.0 Å². The summed E-state index contributed by atoms with van der Waals surface area (Å²) in [6.07, 6.45) is 2.61. The molecular weight excluding hydrogens is 236 g/mol. The van der Waals surface area contributed by atoms with Gasteiger partial charge in [0.25, 0.3) is 0 Å². The molecule has 3 nitrogen and oxygen atoms in total. The van der Waals surface area contributed by atoms with E-state index >= 15 is 0 Å². The first-order chi connectivity index (χ1) is 9.20. The van der Waals surface area contributed by atoms with Gasteiger partial charge in [0, 0.05) is 32.2 Å². The molecule has 0 radical (unpaired) electrons. The van der Waals surface area contributed by atoms with E-state index in [-0.39, 0.29) is 0 Å². The molecule has 1 aromatic carbocycles. The summed E-state index contributed by atoms with van der Waals surface area (Å²) in [6.45, 7) is 3.07. The smallest absolute Gasteiger partial charge is 0.105 e. The first-order valence-corrected chi connectivity index (χ1v) is 6.73. The number of rotatable bonds is 6. The lowest BCUT2D eigenvalue weighted by Crippen LogP contribution is -2.22. The molecule has 1 atom stereocenters. The molecule has 2 aromatic rings. The van der Waals surface area contributed by atoms with Gasteiger partial charge in [-0.1, -0.05) is 19.1 Å². The largest absolute Gasteiger partial charge is 0.469 e. The summed E-state index contributed by atoms with van der Waals surface area (Å²) >= 11 is 0. The molecule has 0 saturated carbocycles. The third kappa shape index (κ3) is 3.61. The molecular formula is C16H22N2O. The second-order valence-corrected chi connectivity index (χ2v) is 4.88. The van der Waals surface area contributed by atoms with Crippen LogP contribution in [0.5, 0.6) is 0 Å². The van der Waals surface area contributed by atoms with Gasteiger partial charge in [-0.15, -0.1) is 0 Å². The fraction of sp³-hybridized carbons (Fsp3) is 0.375. The molecule has 1 aromatic heterocycles. The first-order valence-electron chi connectivity index (χ1n) is 6.73. The van der Waals surface area contributed by atoms with Gasteiger partial charge in [0.05, 0.1) is 6.26 Å². The van der Waals surface area contributed by atoms with Gasteiger partial charge in [-0.05, 0) is 36.4 Å². The summed E-state index contributed by atoms with van der Waals surface area (Å²) < 4.78 is 5.45. The highest BCUT2D eigenvalue weighted by Gasteiger charge is 2.12. The van der Waals surface area contributed by atoms with Crippen molar-refractivity contribution in [3.8, 4) is 0 Å². The lowest BCUT2D eigenvalue weighted by molar-refractivity contribution is 0.455. The van der Waals surface area contributed by atoms with E-state index in [1.807, 2.05) is 12.1 Å². The minimum absolute atomic E-state index is 0.298. The maximum atomic E-state index is 5.45. The fourth-order valence-electron chi connectivity index (χ4n) is 2.19. The average Bonchev–Trinajstić information content (AvgIpc) is 2.91. The van der Waals surface area contributed by atoms with Crippen LogP contribution in [-0.4, -0.2) is 20.6 Å². The third-order valence-corrected chi connectivity index (χ3v) is 3.25. The summed E-state index contributed by atoms with van der Waals surface area (Å²) in [6, 6.07) is 12.9. The molecule has 3 heteroatoms. The van der Waals surface area contributed by atoms with Gasteiger partial charge in [0.15, 0.2) is 0 Å². The zero-order valence-corrected chi connectivity index (χ0v) is 11.9. The number of furan rings is 1. The van der Waals surface area contributed by atoms with Crippen molar-refractivity contribution in [2.75, 3.05) is 25.5 Å². The number of anilines is 1. The first kappa shape index (κ1) is 13.7. The van der Waals surface area contributed by atoms with E-state index in [2.05, 4.69) is 55.5 Å². The van der Waals surface area contributed by atoms with Crippen LogP contribution in [0.2, 0.25) is 0 Å². The molecule has 0 spiro atoms. The third-order valence-electron chi connectivity index (χ3n) is 3.25. The van der Waals surface area contributed by atoms with Crippen LogP contribution in [0.15, 0.2) is 47.1 Å². The van der Waals surface area contributed by atoms with Crippen LogP contribution in [0.4, 0.5) is 5.69 Å². The van der Waals surface area contributed by atoms with Gasteiger partial charge in [-0.25, -0.2) is 0 Å². The number of likely N-dealkylation sites (N-methyl/N-ethyl adjacent to an activating group) is 1.